The molecule has 0 saturated carbocycles. The second-order valence-electron chi connectivity index (χ2n) is 9.57. The number of hydrogen-bond acceptors (Lipinski definition) is 2. The Labute approximate surface area is 204 Å². The number of hydrogen-bond donors (Lipinski definition) is 2. The molecule has 1 aromatic heterocycles. The van der Waals surface area contributed by atoms with E-state index in [2.05, 4.69) is 46.7 Å². The Morgan fingerprint density at radius 2 is 1.74 bits per heavy atom. The topological polar surface area (TPSA) is 65.2 Å². The summed E-state index contributed by atoms with van der Waals surface area (Å²) in [5.41, 5.74) is 5.99. The predicted octanol–water partition coefficient (Wildman–Crippen LogP) is 5.55. The summed E-state index contributed by atoms with van der Waals surface area (Å²) in [7, 11) is 0. The Kier molecular flexibility index (Phi) is 5.25. The van der Waals surface area contributed by atoms with Crippen LogP contribution in [0.4, 0.5) is 5.69 Å². The summed E-state index contributed by atoms with van der Waals surface area (Å²) in [6.07, 6.45) is 8.72. The van der Waals surface area contributed by atoms with E-state index in [-0.39, 0.29) is 17.2 Å². The Balaban J connectivity index is 1.05. The lowest BCUT2D eigenvalue weighted by Gasteiger charge is -2.39. The third kappa shape index (κ3) is 4.03. The van der Waals surface area contributed by atoms with Crippen molar-refractivity contribution in [3.05, 3.63) is 107 Å². The number of aromatic amines is 1. The van der Waals surface area contributed by atoms with Crippen molar-refractivity contribution in [3.8, 4) is 0 Å². The van der Waals surface area contributed by atoms with E-state index in [0.29, 0.717) is 17.7 Å². The minimum Gasteiger partial charge on any atom is -0.361 e. The van der Waals surface area contributed by atoms with Gasteiger partial charge in [0.1, 0.15) is 0 Å². The fourth-order valence-electron chi connectivity index (χ4n) is 5.41. The van der Waals surface area contributed by atoms with Gasteiger partial charge in [0.15, 0.2) is 0 Å². The highest BCUT2D eigenvalue weighted by atomic mass is 16.2. The van der Waals surface area contributed by atoms with Crippen molar-refractivity contribution in [1.82, 2.24) is 9.88 Å². The van der Waals surface area contributed by atoms with Gasteiger partial charge in [0, 0.05) is 41.5 Å². The molecule has 0 bridgehead atoms. The number of carbonyl (C=O) groups is 2. The molecule has 0 atom stereocenters. The van der Waals surface area contributed by atoms with Gasteiger partial charge in [-0.15, -0.1) is 0 Å². The van der Waals surface area contributed by atoms with E-state index in [0.717, 1.165) is 42.4 Å². The van der Waals surface area contributed by atoms with Crippen LogP contribution < -0.4 is 5.32 Å². The molecule has 5 nitrogen and oxygen atoms in total. The normalized spacial score (nSPS) is 15.9. The molecule has 4 aromatic rings. The van der Waals surface area contributed by atoms with Crippen LogP contribution in [-0.4, -0.2) is 34.8 Å². The molecule has 2 heterocycles. The first-order valence-corrected chi connectivity index (χ1v) is 12.1. The van der Waals surface area contributed by atoms with Crippen molar-refractivity contribution < 1.29 is 9.59 Å². The summed E-state index contributed by atoms with van der Waals surface area (Å²) in [6, 6.07) is 23.7. The zero-order valence-electron chi connectivity index (χ0n) is 19.5. The molecule has 174 valence electrons. The number of likely N-dealkylation sites (tertiary alicyclic amines) is 1. The van der Waals surface area contributed by atoms with Crippen LogP contribution in [0, 0.1) is 0 Å². The largest absolute Gasteiger partial charge is 0.361 e. The highest BCUT2D eigenvalue weighted by molar-refractivity contribution is 6.06. The summed E-state index contributed by atoms with van der Waals surface area (Å²) in [6.45, 7) is 1.55. The van der Waals surface area contributed by atoms with Gasteiger partial charge in [-0.05, 0) is 65.3 Å². The second kappa shape index (κ2) is 8.58. The molecule has 1 aliphatic carbocycles. The average Bonchev–Trinajstić information content (AvgIpc) is 3.50. The van der Waals surface area contributed by atoms with Gasteiger partial charge < -0.3 is 15.2 Å². The molecule has 2 aliphatic rings. The number of rotatable bonds is 4. The molecular weight excluding hydrogens is 434 g/mol. The van der Waals surface area contributed by atoms with E-state index in [1.54, 1.807) is 0 Å². The van der Waals surface area contributed by atoms with Crippen molar-refractivity contribution in [2.45, 2.75) is 24.7 Å². The molecule has 6 rings (SSSR count). The number of amides is 2. The van der Waals surface area contributed by atoms with Crippen LogP contribution in [0.1, 0.15) is 39.9 Å². The molecule has 35 heavy (non-hydrogen) atoms. The first-order chi connectivity index (χ1) is 17.1. The van der Waals surface area contributed by atoms with Crippen molar-refractivity contribution in [2.75, 3.05) is 18.4 Å². The quantitative estimate of drug-likeness (QED) is 0.419. The first kappa shape index (κ1) is 21.4. The average molecular weight is 462 g/mol. The molecule has 0 radical (unpaired) electrons. The molecule has 2 N–H and O–H groups in total. The molecule has 0 unspecified atom stereocenters. The Bertz CT molecular complexity index is 1440. The fourth-order valence-corrected chi connectivity index (χ4v) is 5.41. The Hall–Kier alpha value is -4.12. The van der Waals surface area contributed by atoms with Gasteiger partial charge in [0.2, 0.25) is 5.91 Å². The van der Waals surface area contributed by atoms with Gasteiger partial charge >= 0.3 is 0 Å². The van der Waals surface area contributed by atoms with Gasteiger partial charge in [-0.3, -0.25) is 9.59 Å². The summed E-state index contributed by atoms with van der Waals surface area (Å²) >= 11 is 0. The summed E-state index contributed by atoms with van der Waals surface area (Å²) < 4.78 is 0. The highest BCUT2D eigenvalue weighted by Crippen LogP contribution is 2.43. The molecule has 2 amide bonds. The molecule has 1 fully saturated rings. The summed E-state index contributed by atoms with van der Waals surface area (Å²) in [5, 5.41) is 4.01. The smallest absolute Gasteiger partial charge is 0.255 e. The predicted molar refractivity (Wildman–Crippen MR) is 139 cm³/mol. The van der Waals surface area contributed by atoms with Crippen molar-refractivity contribution >= 4 is 34.5 Å². The first-order valence-electron chi connectivity index (χ1n) is 12.1. The van der Waals surface area contributed by atoms with Crippen LogP contribution in [0.2, 0.25) is 0 Å². The van der Waals surface area contributed by atoms with Gasteiger partial charge in [-0.2, -0.15) is 0 Å². The third-order valence-electron chi connectivity index (χ3n) is 7.47. The Morgan fingerprint density at radius 3 is 2.57 bits per heavy atom. The van der Waals surface area contributed by atoms with E-state index in [4.69, 9.17) is 0 Å². The maximum Gasteiger partial charge on any atom is 0.255 e. The number of aromatic nitrogens is 1. The number of fused-ring (bicyclic) bond motifs is 3. The van der Waals surface area contributed by atoms with Crippen LogP contribution >= 0.6 is 0 Å². The fraction of sp³-hybridized carbons (Fsp3) is 0.200. The van der Waals surface area contributed by atoms with Crippen LogP contribution in [0.3, 0.4) is 0 Å². The van der Waals surface area contributed by atoms with E-state index in [1.165, 1.54) is 11.1 Å². The van der Waals surface area contributed by atoms with E-state index < -0.39 is 0 Å². The minimum atomic E-state index is -0.157. The summed E-state index contributed by atoms with van der Waals surface area (Å²) in [4.78, 5) is 30.7. The van der Waals surface area contributed by atoms with Gasteiger partial charge in [-0.1, -0.05) is 54.6 Å². The van der Waals surface area contributed by atoms with Crippen LogP contribution in [0.15, 0.2) is 85.1 Å². The highest BCUT2D eigenvalue weighted by Gasteiger charge is 2.38. The number of nitrogens with one attached hydrogen (secondary N) is 2. The maximum absolute atomic E-state index is 13.0. The number of H-pyrrole nitrogens is 1. The molecule has 1 spiro atoms. The number of anilines is 1. The number of nitrogens with zero attached hydrogens (tertiary/aromatic N) is 1. The molecular formula is C30H27N3O2. The number of allylic oxidation sites excluding steroid dienone is 1. The van der Waals surface area contributed by atoms with Crippen molar-refractivity contribution in [1.29, 1.82) is 0 Å². The SMILES string of the molecule is O=C(Nc1ccc(CC(=O)N2CCC3(C=Cc4ccccc43)CC2)cc1)c1ccc2cc[nH]c2c1. The van der Waals surface area contributed by atoms with Crippen LogP contribution in [0.25, 0.3) is 17.0 Å². The van der Waals surface area contributed by atoms with E-state index in [9.17, 15) is 9.59 Å². The van der Waals surface area contributed by atoms with Gasteiger partial charge in [-0.25, -0.2) is 0 Å². The van der Waals surface area contributed by atoms with Crippen molar-refractivity contribution in [2.24, 2.45) is 0 Å². The summed E-state index contributed by atoms with van der Waals surface area (Å²) in [5.74, 6) is 0.00116. The molecule has 3 aromatic carbocycles. The zero-order chi connectivity index (χ0) is 23.8. The third-order valence-corrected chi connectivity index (χ3v) is 7.47. The minimum absolute atomic E-state index is 0.0820. The van der Waals surface area contributed by atoms with Crippen LogP contribution in [-0.2, 0) is 16.6 Å². The van der Waals surface area contributed by atoms with Gasteiger partial charge in [0.05, 0.1) is 6.42 Å². The molecule has 5 heteroatoms. The van der Waals surface area contributed by atoms with Crippen molar-refractivity contribution in [3.63, 3.8) is 0 Å². The lowest BCUT2D eigenvalue weighted by molar-refractivity contribution is -0.131. The van der Waals surface area contributed by atoms with E-state index >= 15 is 0 Å². The monoisotopic (exact) mass is 461 g/mol. The van der Waals surface area contributed by atoms with Gasteiger partial charge in [0.25, 0.3) is 5.91 Å². The zero-order valence-corrected chi connectivity index (χ0v) is 19.5. The molecule has 1 saturated heterocycles. The standard InChI is InChI=1S/C30H27N3O2/c34-28(33-17-14-30(15-18-33)13-11-22-3-1-2-4-26(22)30)19-21-5-9-25(10-6-21)32-29(35)24-8-7-23-12-16-31-27(23)20-24/h1-13,16,20,31H,14-15,17-19H2,(H,32,35). The second-order valence-corrected chi connectivity index (χ2v) is 9.57. The maximum atomic E-state index is 13.0. The number of benzene rings is 3. The van der Waals surface area contributed by atoms with Crippen LogP contribution in [0.5, 0.6) is 0 Å². The number of carbonyl (C=O) groups excluding carboxylic acids is 2. The number of piperidine rings is 1. The Morgan fingerprint density at radius 1 is 0.943 bits per heavy atom. The lowest BCUT2D eigenvalue weighted by atomic mass is 9.74. The lowest BCUT2D eigenvalue weighted by Crippen LogP contribution is -2.44. The van der Waals surface area contributed by atoms with E-state index in [1.807, 2.05) is 59.6 Å². The molecule has 1 aliphatic heterocycles.